The molecule has 0 amide bonds. The van der Waals surface area contributed by atoms with Crippen LogP contribution in [0.15, 0.2) is 383 Å². The Morgan fingerprint density at radius 2 is 0.493 bits per heavy atom. The molecule has 0 bridgehead atoms. The van der Waals surface area contributed by atoms with Crippen molar-refractivity contribution in [2.24, 2.45) is 0 Å². The Balaban J connectivity index is 0.000000138. The van der Waals surface area contributed by atoms with Crippen molar-refractivity contribution >= 4 is 87.8 Å². The van der Waals surface area contributed by atoms with E-state index >= 15 is 0 Å². The molecule has 0 aliphatic heterocycles. The van der Waals surface area contributed by atoms with Crippen molar-refractivity contribution in [3.63, 3.8) is 0 Å². The van der Waals surface area contributed by atoms with E-state index in [4.69, 9.17) is 17.7 Å². The van der Waals surface area contributed by atoms with Gasteiger partial charge in [-0.1, -0.05) is 192 Å². The van der Waals surface area contributed by atoms with Crippen molar-refractivity contribution in [3.05, 3.63) is 436 Å². The van der Waals surface area contributed by atoms with E-state index in [1.165, 1.54) is 11.1 Å². The van der Waals surface area contributed by atoms with Gasteiger partial charge in [0, 0.05) is 200 Å². The molecule has 144 heavy (non-hydrogen) atoms. The fourth-order valence-electron chi connectivity index (χ4n) is 16.7. The molecule has 0 aliphatic carbocycles. The molecule has 0 fully saturated rings. The van der Waals surface area contributed by atoms with Gasteiger partial charge in [0.25, 0.3) is 0 Å². The topological polar surface area (TPSA) is 175 Å². The van der Waals surface area contributed by atoms with Gasteiger partial charge >= 0.3 is 0 Å². The van der Waals surface area contributed by atoms with E-state index in [-0.39, 0.29) is 80.4 Å². The summed E-state index contributed by atoms with van der Waals surface area (Å²) in [4.78, 5) is 35.2. The van der Waals surface area contributed by atoms with Gasteiger partial charge in [0.15, 0.2) is 0 Å². The average molecular weight is 2600 g/mol. The van der Waals surface area contributed by atoms with E-state index in [0.29, 0.717) is 36.0 Å². The summed E-state index contributed by atoms with van der Waals surface area (Å²) in [5.41, 5.74) is 23.4. The Hall–Kier alpha value is -14.1. The summed E-state index contributed by atoms with van der Waals surface area (Å²) < 4.78 is 32.9. The fraction of sp³-hybridized carbons (Fsp3) is 0.161. The third-order valence-electron chi connectivity index (χ3n) is 23.9. The number of imidazole rings is 4. The van der Waals surface area contributed by atoms with Crippen molar-refractivity contribution in [2.45, 2.75) is 133 Å². The van der Waals surface area contributed by atoms with E-state index in [9.17, 15) is 0 Å². The van der Waals surface area contributed by atoms with E-state index < -0.39 is 0 Å². The normalized spacial score (nSPS) is 10.9. The summed E-state index contributed by atoms with van der Waals surface area (Å²) >= 11 is 0. The molecule has 24 aromatic rings. The number of fused-ring (bicyclic) bond motifs is 12. The first kappa shape index (κ1) is 107. The minimum absolute atomic E-state index is 0. The maximum absolute atomic E-state index is 6.10. The number of hydrogen-bond acceptors (Lipinski definition) is 12. The fourth-order valence-corrected chi connectivity index (χ4v) is 16.7. The van der Waals surface area contributed by atoms with Crippen LogP contribution in [0.4, 0.5) is 0 Å². The van der Waals surface area contributed by atoms with Gasteiger partial charge in [-0.05, 0) is 151 Å². The summed E-state index contributed by atoms with van der Waals surface area (Å²) in [5.74, 6) is 4.88. The molecule has 0 N–H and O–H groups in total. The van der Waals surface area contributed by atoms with Crippen molar-refractivity contribution in [1.82, 2.24) is 58.1 Å². The Morgan fingerprint density at radius 3 is 0.785 bits per heavy atom. The molecule has 0 aliphatic rings. The van der Waals surface area contributed by atoms with Gasteiger partial charge in [0.05, 0.1) is 45.6 Å². The van der Waals surface area contributed by atoms with Crippen LogP contribution in [-0.2, 0) is 80.4 Å². The van der Waals surface area contributed by atoms with Crippen LogP contribution in [0.25, 0.3) is 178 Å². The molecule has 0 saturated carbocycles. The summed E-state index contributed by atoms with van der Waals surface area (Å²) in [6, 6.07) is 124. The van der Waals surface area contributed by atoms with Gasteiger partial charge in [-0.25, -0.2) is 0 Å². The maximum atomic E-state index is 6.10. The van der Waals surface area contributed by atoms with Crippen LogP contribution >= 0.6 is 0 Å². The molecule has 0 atom stereocenters. The number of pyridine rings is 4. The van der Waals surface area contributed by atoms with E-state index in [0.717, 1.165) is 189 Å². The van der Waals surface area contributed by atoms with Gasteiger partial charge < -0.3 is 55.9 Å². The predicted octanol–water partition coefficient (Wildman–Crippen LogP) is 32.4. The monoisotopic (exact) mass is 2600 g/mol. The third kappa shape index (κ3) is 24.8. The minimum Gasteiger partial charge on any atom is -0.501 e. The summed E-state index contributed by atoms with van der Waals surface area (Å²) in [6.45, 7) is 30.0. The maximum Gasteiger partial charge on any atom is 0.123 e. The predicted molar refractivity (Wildman–Crippen MR) is 568 cm³/mol. The van der Waals surface area contributed by atoms with E-state index in [1.807, 2.05) is 268 Å². The summed E-state index contributed by atoms with van der Waals surface area (Å²) in [7, 11) is 0. The largest absolute Gasteiger partial charge is 0.501 e. The second-order valence-corrected chi connectivity index (χ2v) is 35.5. The van der Waals surface area contributed by atoms with Crippen LogP contribution in [0.5, 0.6) is 0 Å². The molecule has 4 radical (unpaired) electrons. The van der Waals surface area contributed by atoms with Crippen LogP contribution < -0.4 is 0 Å². The van der Waals surface area contributed by atoms with Crippen molar-refractivity contribution in [2.75, 3.05) is 0 Å². The number of nitrogens with zero attached hydrogens (tertiary/aromatic N) is 12. The molecule has 16 nitrogen and oxygen atoms in total. The van der Waals surface area contributed by atoms with Crippen LogP contribution in [0.1, 0.15) is 141 Å². The van der Waals surface area contributed by atoms with Crippen LogP contribution in [-0.4, -0.2) is 58.1 Å². The zero-order valence-electron chi connectivity index (χ0n) is 82.4. The molecule has 0 spiro atoms. The molecule has 732 valence electrons. The number of hydrogen-bond donors (Lipinski definition) is 0. The van der Waals surface area contributed by atoms with Crippen LogP contribution in [0, 0.1) is 62.4 Å². The Labute approximate surface area is 896 Å². The van der Waals surface area contributed by atoms with Gasteiger partial charge in [-0.2, -0.15) is 0 Å². The molecule has 12 aromatic carbocycles. The quantitative estimate of drug-likeness (QED) is 0.0944. The molecular formula is C124H108Ir4N12O4-8. The molecule has 0 saturated heterocycles. The van der Waals surface area contributed by atoms with Crippen molar-refractivity contribution in [1.29, 1.82) is 0 Å². The number of para-hydroxylation sites is 4. The van der Waals surface area contributed by atoms with E-state index in [1.54, 1.807) is 12.4 Å². The smallest absolute Gasteiger partial charge is 0.123 e. The minimum atomic E-state index is 0. The first-order valence-corrected chi connectivity index (χ1v) is 47.4. The molecule has 0 unspecified atom stereocenters. The zero-order valence-corrected chi connectivity index (χ0v) is 92.0. The Morgan fingerprint density at radius 1 is 0.222 bits per heavy atom. The molecule has 20 heteroatoms. The molecule has 12 aromatic heterocycles. The summed E-state index contributed by atoms with van der Waals surface area (Å²) in [6.07, 6.45) is 22.6. The van der Waals surface area contributed by atoms with Gasteiger partial charge in [-0.15, -0.1) is 216 Å². The number of rotatable bonds is 14. The molecule has 12 heterocycles. The standard InChI is InChI=1S/2C20H16NO.2C18H12NO.4C12H13N2.4Ir/c2*1-13(2)14-10-11-21-18(12-14)17-8-5-7-16-15-6-3-4-9-19(15)22-20(16)17;2*1-12-6-4-7-13-14-8-5-9-15(18(14)20-17(12)13)16-10-2-3-11-19-16;4*1-10(2)14-9-8-13-12(14)11-6-4-3-5-7-11;;;;/h2*3-7,9-13H,1-2H3;2*2-8,10-11H,1H3;4*3-6,8-10H,1-2H3;;;;/q8*-1;;;;. The first-order valence-electron chi connectivity index (χ1n) is 47.4. The number of benzene rings is 12. The van der Waals surface area contributed by atoms with E-state index in [2.05, 4.69) is 289 Å². The SMILES string of the molecule is CC(C)c1ccnc(-c2[c-]ccc3c2oc2ccccc23)c1.CC(C)c1ccnc(-c2[c-]ccc3c2oc2ccccc23)c1.CC(C)n1ccnc1-c1[c-]cccc1.CC(C)n1ccnc1-c1[c-]cccc1.CC(C)n1ccnc1-c1[c-]cccc1.CC(C)n1ccnc1-c1[c-]cccc1.Cc1cccc2c1oc1c(-c3ccccn3)[c-]ccc12.Cc1cccc2c1oc1c(-c3ccccn3)[c-]ccc12.[Ir].[Ir].[Ir].[Ir]. The van der Waals surface area contributed by atoms with Gasteiger partial charge in [-0.3, -0.25) is 19.9 Å². The van der Waals surface area contributed by atoms with Crippen molar-refractivity contribution < 1.29 is 98.1 Å². The second kappa shape index (κ2) is 50.7. The molecular weight excluding hydrogens is 2490 g/mol. The average Bonchev–Trinajstić information content (AvgIpc) is 1.63. The zero-order chi connectivity index (χ0) is 97.1. The number of aromatic nitrogens is 12. The number of furan rings is 4. The van der Waals surface area contributed by atoms with Crippen molar-refractivity contribution in [3.8, 4) is 90.6 Å². The number of aryl methyl sites for hydroxylation is 2. The van der Waals surface area contributed by atoms with Crippen LogP contribution in [0.3, 0.4) is 0 Å². The third-order valence-corrected chi connectivity index (χ3v) is 23.9. The molecule has 24 rings (SSSR count). The summed E-state index contributed by atoms with van der Waals surface area (Å²) in [5, 5.41) is 9.01. The second-order valence-electron chi connectivity index (χ2n) is 35.5. The Kier molecular flexibility index (Phi) is 37.7. The van der Waals surface area contributed by atoms with Crippen LogP contribution in [0.2, 0.25) is 0 Å². The first-order chi connectivity index (χ1) is 68.3. The van der Waals surface area contributed by atoms with Gasteiger partial charge in [0.2, 0.25) is 0 Å². The van der Waals surface area contributed by atoms with Gasteiger partial charge in [0.1, 0.15) is 22.3 Å². The Bertz CT molecular complexity index is 7550.